The average Bonchev–Trinajstić information content (AvgIpc) is 2.89. The summed E-state index contributed by atoms with van der Waals surface area (Å²) in [5, 5.41) is 3.78. The van der Waals surface area contributed by atoms with Crippen molar-refractivity contribution in [1.29, 1.82) is 0 Å². The molecule has 1 aromatic heterocycles. The fourth-order valence-electron chi connectivity index (χ4n) is 3.35. The van der Waals surface area contributed by atoms with Crippen molar-refractivity contribution in [3.63, 3.8) is 0 Å². The summed E-state index contributed by atoms with van der Waals surface area (Å²) in [5.74, 6) is 0. The smallest absolute Gasteiger partial charge is 0.0329 e. The molecule has 1 aliphatic carbocycles. The second-order valence-corrected chi connectivity index (χ2v) is 7.01. The van der Waals surface area contributed by atoms with Crippen LogP contribution in [0.1, 0.15) is 35.4 Å². The molecule has 0 amide bonds. The van der Waals surface area contributed by atoms with Gasteiger partial charge < -0.3 is 5.32 Å². The van der Waals surface area contributed by atoms with E-state index in [1.54, 1.807) is 0 Å². The Hall–Kier alpha value is -0.380. The fraction of sp³-hybridized carbons (Fsp3) is 0.714. The van der Waals surface area contributed by atoms with Crippen LogP contribution in [-0.2, 0) is 6.54 Å². The number of hydrogen-bond acceptors (Lipinski definition) is 3. The molecule has 3 heteroatoms. The lowest BCUT2D eigenvalue weighted by Gasteiger charge is -2.41. The molecular weight excluding hydrogens is 228 g/mol. The maximum absolute atomic E-state index is 3.78. The van der Waals surface area contributed by atoms with Gasteiger partial charge in [0.15, 0.2) is 0 Å². The van der Waals surface area contributed by atoms with Crippen molar-refractivity contribution < 1.29 is 0 Å². The molecule has 2 heterocycles. The predicted molar refractivity (Wildman–Crippen MR) is 73.5 cm³/mol. The number of piperazine rings is 1. The van der Waals surface area contributed by atoms with Gasteiger partial charge >= 0.3 is 0 Å². The summed E-state index contributed by atoms with van der Waals surface area (Å²) in [6, 6.07) is 4.54. The van der Waals surface area contributed by atoms with Crippen LogP contribution in [0.2, 0.25) is 0 Å². The highest BCUT2D eigenvalue weighted by atomic mass is 32.1. The van der Waals surface area contributed by atoms with E-state index in [1.807, 2.05) is 11.3 Å². The summed E-state index contributed by atoms with van der Waals surface area (Å²) in [7, 11) is 0. The van der Waals surface area contributed by atoms with E-state index in [0.717, 1.165) is 6.54 Å². The summed E-state index contributed by atoms with van der Waals surface area (Å²) in [6.45, 7) is 6.99. The van der Waals surface area contributed by atoms with E-state index >= 15 is 0 Å². The molecule has 0 bridgehead atoms. The molecule has 1 aliphatic heterocycles. The van der Waals surface area contributed by atoms with Crippen molar-refractivity contribution in [1.82, 2.24) is 10.2 Å². The third kappa shape index (κ3) is 2.56. The highest BCUT2D eigenvalue weighted by Gasteiger charge is 2.37. The first-order valence-corrected chi connectivity index (χ1v) is 7.60. The Morgan fingerprint density at radius 3 is 2.88 bits per heavy atom. The molecule has 0 unspecified atom stereocenters. The molecule has 0 atom stereocenters. The molecular formula is C14H22N2S. The monoisotopic (exact) mass is 250 g/mol. The summed E-state index contributed by atoms with van der Waals surface area (Å²) in [4.78, 5) is 5.61. The number of nitrogens with zero attached hydrogens (tertiary/aromatic N) is 1. The Labute approximate surface area is 108 Å². The largest absolute Gasteiger partial charge is 0.309 e. The number of hydrogen-bond donors (Lipinski definition) is 1. The lowest BCUT2D eigenvalue weighted by Crippen LogP contribution is -2.58. The molecule has 1 aromatic rings. The molecule has 2 aliphatic rings. The highest BCUT2D eigenvalue weighted by molar-refractivity contribution is 7.11. The first kappa shape index (κ1) is 11.7. The van der Waals surface area contributed by atoms with Crippen molar-refractivity contribution in [2.24, 2.45) is 0 Å². The zero-order valence-corrected chi connectivity index (χ0v) is 11.5. The maximum Gasteiger partial charge on any atom is 0.0329 e. The van der Waals surface area contributed by atoms with Crippen LogP contribution >= 0.6 is 11.3 Å². The van der Waals surface area contributed by atoms with Crippen molar-refractivity contribution in [3.05, 3.63) is 21.9 Å². The predicted octanol–water partition coefficient (Wildman–Crippen LogP) is 2.77. The molecule has 3 rings (SSSR count). The van der Waals surface area contributed by atoms with Gasteiger partial charge in [0.25, 0.3) is 0 Å². The second-order valence-electron chi connectivity index (χ2n) is 5.64. The van der Waals surface area contributed by atoms with Gasteiger partial charge in [0.2, 0.25) is 0 Å². The van der Waals surface area contributed by atoms with E-state index in [9.17, 15) is 0 Å². The Morgan fingerprint density at radius 1 is 1.35 bits per heavy atom. The summed E-state index contributed by atoms with van der Waals surface area (Å²) >= 11 is 1.95. The number of aryl methyl sites for hydroxylation is 1. The van der Waals surface area contributed by atoms with Gasteiger partial charge in [-0.3, -0.25) is 4.90 Å². The first-order valence-electron chi connectivity index (χ1n) is 6.79. The van der Waals surface area contributed by atoms with Gasteiger partial charge in [-0.05, 0) is 31.9 Å². The van der Waals surface area contributed by atoms with Gasteiger partial charge in [-0.15, -0.1) is 11.3 Å². The van der Waals surface area contributed by atoms with Gasteiger partial charge in [0.05, 0.1) is 0 Å². The van der Waals surface area contributed by atoms with E-state index in [4.69, 9.17) is 0 Å². The molecule has 2 nitrogen and oxygen atoms in total. The van der Waals surface area contributed by atoms with E-state index in [2.05, 4.69) is 29.3 Å². The third-order valence-corrected chi connectivity index (χ3v) is 5.18. The number of nitrogens with one attached hydrogen (secondary N) is 1. The van der Waals surface area contributed by atoms with Gasteiger partial charge in [-0.2, -0.15) is 0 Å². The molecule has 1 spiro atoms. The van der Waals surface area contributed by atoms with Crippen LogP contribution in [0.4, 0.5) is 0 Å². The van der Waals surface area contributed by atoms with E-state index in [1.165, 1.54) is 55.1 Å². The van der Waals surface area contributed by atoms with Gasteiger partial charge in [-0.1, -0.05) is 12.8 Å². The van der Waals surface area contributed by atoms with Crippen LogP contribution in [0.3, 0.4) is 0 Å². The van der Waals surface area contributed by atoms with E-state index in [0.29, 0.717) is 5.54 Å². The minimum absolute atomic E-state index is 0.463. The summed E-state index contributed by atoms with van der Waals surface area (Å²) in [6.07, 6.45) is 5.60. The minimum atomic E-state index is 0.463. The normalized spacial score (nSPS) is 24.5. The van der Waals surface area contributed by atoms with Crippen molar-refractivity contribution in [2.75, 3.05) is 19.6 Å². The van der Waals surface area contributed by atoms with Gasteiger partial charge in [-0.25, -0.2) is 0 Å². The molecule has 1 saturated carbocycles. The number of rotatable bonds is 2. The SMILES string of the molecule is Cc1ccc(CN2CCNC3(CCCC3)C2)s1. The fourth-order valence-corrected chi connectivity index (χ4v) is 4.29. The summed E-state index contributed by atoms with van der Waals surface area (Å²) < 4.78 is 0. The Morgan fingerprint density at radius 2 is 2.18 bits per heavy atom. The van der Waals surface area contributed by atoms with Crippen molar-refractivity contribution in [2.45, 2.75) is 44.7 Å². The van der Waals surface area contributed by atoms with Crippen molar-refractivity contribution in [3.8, 4) is 0 Å². The zero-order chi connectivity index (χ0) is 11.7. The average molecular weight is 250 g/mol. The molecule has 0 aromatic carbocycles. The van der Waals surface area contributed by atoms with Crippen LogP contribution < -0.4 is 5.32 Å². The van der Waals surface area contributed by atoms with Crippen LogP contribution in [-0.4, -0.2) is 30.1 Å². The molecule has 2 fully saturated rings. The molecule has 0 radical (unpaired) electrons. The highest BCUT2D eigenvalue weighted by Crippen LogP contribution is 2.32. The Bertz CT molecular complexity index is 379. The van der Waals surface area contributed by atoms with Crippen molar-refractivity contribution >= 4 is 11.3 Å². The Balaban J connectivity index is 1.64. The maximum atomic E-state index is 3.78. The van der Waals surface area contributed by atoms with Crippen LogP contribution in [0, 0.1) is 6.92 Å². The quantitative estimate of drug-likeness (QED) is 0.868. The van der Waals surface area contributed by atoms with Crippen LogP contribution in [0.5, 0.6) is 0 Å². The van der Waals surface area contributed by atoms with Gasteiger partial charge in [0.1, 0.15) is 0 Å². The first-order chi connectivity index (χ1) is 8.26. The second kappa shape index (κ2) is 4.71. The molecule has 1 saturated heterocycles. The van der Waals surface area contributed by atoms with Crippen LogP contribution in [0.25, 0.3) is 0 Å². The van der Waals surface area contributed by atoms with E-state index in [-0.39, 0.29) is 0 Å². The summed E-state index contributed by atoms with van der Waals surface area (Å²) in [5.41, 5.74) is 0.463. The topological polar surface area (TPSA) is 15.3 Å². The number of thiophene rings is 1. The molecule has 1 N–H and O–H groups in total. The lowest BCUT2D eigenvalue weighted by molar-refractivity contribution is 0.130. The standard InChI is InChI=1S/C14H22N2S/c1-12-4-5-13(17-12)10-16-9-8-15-14(11-16)6-2-3-7-14/h4-5,15H,2-3,6-11H2,1H3. The minimum Gasteiger partial charge on any atom is -0.309 e. The molecule has 94 valence electrons. The van der Waals surface area contributed by atoms with Gasteiger partial charge in [0, 0.05) is 41.5 Å². The Kier molecular flexibility index (Phi) is 3.24. The van der Waals surface area contributed by atoms with E-state index < -0.39 is 0 Å². The zero-order valence-electron chi connectivity index (χ0n) is 10.7. The third-order valence-electron chi connectivity index (χ3n) is 4.19. The molecule has 17 heavy (non-hydrogen) atoms. The lowest BCUT2D eigenvalue weighted by atomic mass is 9.94. The van der Waals surface area contributed by atoms with Crippen LogP contribution in [0.15, 0.2) is 12.1 Å².